The lowest BCUT2D eigenvalue weighted by atomic mass is 10.2. The SMILES string of the molecule is O=C(Cn1[nH]c(=O)c2ccccc2c1=O)OCc1c(F)c(F)c(F)c(F)c1F. The van der Waals surface area contributed by atoms with E-state index in [1.54, 1.807) is 0 Å². The van der Waals surface area contributed by atoms with E-state index in [0.29, 0.717) is 4.68 Å². The topological polar surface area (TPSA) is 81.2 Å². The number of nitrogens with zero attached hydrogens (tertiary/aromatic N) is 1. The lowest BCUT2D eigenvalue weighted by Gasteiger charge is -2.10. The van der Waals surface area contributed by atoms with Crippen LogP contribution in [0.1, 0.15) is 5.56 Å². The van der Waals surface area contributed by atoms with E-state index in [0.717, 1.165) is 0 Å². The number of fused-ring (bicyclic) bond motifs is 1. The Morgan fingerprint density at radius 1 is 0.893 bits per heavy atom. The number of hydrogen-bond acceptors (Lipinski definition) is 4. The fraction of sp³-hybridized carbons (Fsp3) is 0.118. The quantitative estimate of drug-likeness (QED) is 0.315. The average molecular weight is 400 g/mol. The number of hydrogen-bond donors (Lipinski definition) is 1. The second-order valence-corrected chi connectivity index (χ2v) is 5.59. The van der Waals surface area contributed by atoms with Crippen LogP contribution < -0.4 is 11.1 Å². The van der Waals surface area contributed by atoms with Crippen molar-refractivity contribution in [1.82, 2.24) is 9.78 Å². The van der Waals surface area contributed by atoms with Crippen LogP contribution in [-0.2, 0) is 22.7 Å². The summed E-state index contributed by atoms with van der Waals surface area (Å²) in [5.41, 5.74) is -2.77. The highest BCUT2D eigenvalue weighted by molar-refractivity contribution is 5.80. The zero-order valence-corrected chi connectivity index (χ0v) is 13.7. The van der Waals surface area contributed by atoms with E-state index < -0.39 is 64.9 Å². The molecule has 0 amide bonds. The monoisotopic (exact) mass is 400 g/mol. The van der Waals surface area contributed by atoms with E-state index in [1.807, 2.05) is 0 Å². The van der Waals surface area contributed by atoms with Gasteiger partial charge in [-0.05, 0) is 12.1 Å². The lowest BCUT2D eigenvalue weighted by molar-refractivity contribution is -0.146. The van der Waals surface area contributed by atoms with Crippen LogP contribution >= 0.6 is 0 Å². The third kappa shape index (κ3) is 3.26. The van der Waals surface area contributed by atoms with Crippen molar-refractivity contribution in [2.45, 2.75) is 13.2 Å². The van der Waals surface area contributed by atoms with Crippen LogP contribution in [0, 0.1) is 29.1 Å². The first-order valence-electron chi connectivity index (χ1n) is 7.60. The number of rotatable bonds is 4. The summed E-state index contributed by atoms with van der Waals surface area (Å²) in [6.45, 7) is -2.12. The van der Waals surface area contributed by atoms with Gasteiger partial charge in [0.1, 0.15) is 13.2 Å². The van der Waals surface area contributed by atoms with Crippen LogP contribution in [0.3, 0.4) is 0 Å². The van der Waals surface area contributed by atoms with Gasteiger partial charge < -0.3 is 4.74 Å². The van der Waals surface area contributed by atoms with Crippen molar-refractivity contribution in [3.05, 3.63) is 79.6 Å². The van der Waals surface area contributed by atoms with Crippen LogP contribution in [0.15, 0.2) is 33.9 Å². The van der Waals surface area contributed by atoms with Crippen molar-refractivity contribution in [3.63, 3.8) is 0 Å². The first kappa shape index (κ1) is 19.3. The Labute approximate surface area is 151 Å². The number of carbonyl (C=O) groups is 1. The Balaban J connectivity index is 1.83. The molecule has 11 heteroatoms. The second-order valence-electron chi connectivity index (χ2n) is 5.59. The Morgan fingerprint density at radius 2 is 1.43 bits per heavy atom. The van der Waals surface area contributed by atoms with E-state index >= 15 is 0 Å². The van der Waals surface area contributed by atoms with Crippen molar-refractivity contribution >= 4 is 16.7 Å². The molecule has 0 saturated heterocycles. The first-order chi connectivity index (χ1) is 13.2. The third-order valence-corrected chi connectivity index (χ3v) is 3.85. The molecule has 2 aromatic carbocycles. The van der Waals surface area contributed by atoms with Gasteiger partial charge in [-0.3, -0.25) is 19.5 Å². The van der Waals surface area contributed by atoms with E-state index in [1.165, 1.54) is 24.3 Å². The number of carbonyl (C=O) groups excluding carboxylic acids is 1. The van der Waals surface area contributed by atoms with Crippen LogP contribution in [0.5, 0.6) is 0 Å². The molecule has 6 nitrogen and oxygen atoms in total. The maximum atomic E-state index is 13.6. The Morgan fingerprint density at radius 3 is 2.04 bits per heavy atom. The largest absolute Gasteiger partial charge is 0.459 e. The van der Waals surface area contributed by atoms with Gasteiger partial charge in [0.15, 0.2) is 23.3 Å². The maximum absolute atomic E-state index is 13.6. The summed E-state index contributed by atoms with van der Waals surface area (Å²) >= 11 is 0. The number of aromatic amines is 1. The van der Waals surface area contributed by atoms with Crippen molar-refractivity contribution in [2.24, 2.45) is 0 Å². The summed E-state index contributed by atoms with van der Waals surface area (Å²) < 4.78 is 71.5. The molecule has 0 aliphatic heterocycles. The van der Waals surface area contributed by atoms with Crippen LogP contribution in [0.2, 0.25) is 0 Å². The summed E-state index contributed by atoms with van der Waals surface area (Å²) in [6, 6.07) is 5.76. The number of halogens is 5. The van der Waals surface area contributed by atoms with E-state index in [-0.39, 0.29) is 10.8 Å². The van der Waals surface area contributed by atoms with Gasteiger partial charge in [-0.1, -0.05) is 12.1 Å². The predicted octanol–water partition coefficient (Wildman–Crippen LogP) is 2.13. The Kier molecular flexibility index (Phi) is 4.99. The standard InChI is InChI=1S/C17H9F5N2O4/c18-11-9(12(19)14(21)15(22)13(11)20)6-28-10(25)5-24-17(27)8-4-2-1-3-7(8)16(26)23-24/h1-4H,5-6H2,(H,23,26). The van der Waals surface area contributed by atoms with E-state index in [9.17, 15) is 36.3 Å². The van der Waals surface area contributed by atoms with Crippen LogP contribution in [0.4, 0.5) is 22.0 Å². The van der Waals surface area contributed by atoms with Gasteiger partial charge in [-0.25, -0.2) is 26.6 Å². The molecule has 0 saturated carbocycles. The molecular formula is C17H9F5N2O4. The van der Waals surface area contributed by atoms with Crippen molar-refractivity contribution < 1.29 is 31.5 Å². The number of benzene rings is 2. The summed E-state index contributed by atoms with van der Waals surface area (Å²) in [7, 11) is 0. The van der Waals surface area contributed by atoms with Gasteiger partial charge in [0, 0.05) is 0 Å². The summed E-state index contributed by atoms with van der Waals surface area (Å²) in [4.78, 5) is 36.0. The molecule has 1 N–H and O–H groups in total. The fourth-order valence-electron chi connectivity index (χ4n) is 2.46. The number of aromatic nitrogens is 2. The van der Waals surface area contributed by atoms with Crippen LogP contribution in [-0.4, -0.2) is 15.7 Å². The molecule has 0 radical (unpaired) electrons. The number of esters is 1. The van der Waals surface area contributed by atoms with Gasteiger partial charge in [0.05, 0.1) is 16.3 Å². The predicted molar refractivity (Wildman–Crippen MR) is 84.9 cm³/mol. The number of H-pyrrole nitrogens is 1. The molecule has 0 fully saturated rings. The summed E-state index contributed by atoms with van der Waals surface area (Å²) in [6.07, 6.45) is 0. The molecule has 0 aliphatic rings. The molecule has 0 spiro atoms. The Hall–Kier alpha value is -3.50. The minimum atomic E-state index is -2.34. The number of nitrogens with one attached hydrogen (secondary N) is 1. The third-order valence-electron chi connectivity index (χ3n) is 3.85. The minimum Gasteiger partial charge on any atom is -0.459 e. The average Bonchev–Trinajstić information content (AvgIpc) is 2.69. The molecular weight excluding hydrogens is 391 g/mol. The van der Waals surface area contributed by atoms with Gasteiger partial charge in [-0.2, -0.15) is 0 Å². The summed E-state index contributed by atoms with van der Waals surface area (Å²) in [5.74, 6) is -12.2. The van der Waals surface area contributed by atoms with Gasteiger partial charge in [0.25, 0.3) is 11.1 Å². The molecule has 3 rings (SSSR count). The zero-order valence-electron chi connectivity index (χ0n) is 13.7. The normalized spacial score (nSPS) is 11.0. The molecule has 0 atom stereocenters. The van der Waals surface area contributed by atoms with E-state index in [2.05, 4.69) is 9.84 Å². The van der Waals surface area contributed by atoms with Crippen molar-refractivity contribution in [1.29, 1.82) is 0 Å². The van der Waals surface area contributed by atoms with Crippen molar-refractivity contribution in [2.75, 3.05) is 0 Å². The number of ether oxygens (including phenoxy) is 1. The maximum Gasteiger partial charge on any atom is 0.328 e. The molecule has 0 aliphatic carbocycles. The zero-order chi connectivity index (χ0) is 20.6. The summed E-state index contributed by atoms with van der Waals surface area (Å²) in [5, 5.41) is 2.22. The highest BCUT2D eigenvalue weighted by Gasteiger charge is 2.26. The Bertz CT molecular complexity index is 1190. The smallest absolute Gasteiger partial charge is 0.328 e. The van der Waals surface area contributed by atoms with E-state index in [4.69, 9.17) is 0 Å². The molecule has 28 heavy (non-hydrogen) atoms. The molecule has 1 heterocycles. The molecule has 3 aromatic rings. The first-order valence-corrected chi connectivity index (χ1v) is 7.60. The molecule has 0 bridgehead atoms. The molecule has 0 unspecified atom stereocenters. The second kappa shape index (κ2) is 7.25. The highest BCUT2D eigenvalue weighted by atomic mass is 19.2. The fourth-order valence-corrected chi connectivity index (χ4v) is 2.46. The van der Waals surface area contributed by atoms with Crippen molar-refractivity contribution in [3.8, 4) is 0 Å². The minimum absolute atomic E-state index is 0.0128. The lowest BCUT2D eigenvalue weighted by Crippen LogP contribution is -2.32. The van der Waals surface area contributed by atoms with Crippen LogP contribution in [0.25, 0.3) is 10.8 Å². The van der Waals surface area contributed by atoms with Gasteiger partial charge in [-0.15, -0.1) is 0 Å². The molecule has 1 aromatic heterocycles. The van der Waals surface area contributed by atoms with Gasteiger partial charge >= 0.3 is 5.97 Å². The van der Waals surface area contributed by atoms with Gasteiger partial charge in [0.2, 0.25) is 5.82 Å². The highest BCUT2D eigenvalue weighted by Crippen LogP contribution is 2.23. The molecule has 146 valence electrons.